The Labute approximate surface area is 104 Å². The summed E-state index contributed by atoms with van der Waals surface area (Å²) in [5.74, 6) is 0.631. The Bertz CT molecular complexity index is 336. The molecule has 1 aromatic rings. The predicted molar refractivity (Wildman–Crippen MR) is 67.3 cm³/mol. The number of benzene rings is 1. The van der Waals surface area contributed by atoms with Gasteiger partial charge in [-0.1, -0.05) is 28.1 Å². The van der Waals surface area contributed by atoms with Crippen LogP contribution in [0.15, 0.2) is 28.7 Å². The van der Waals surface area contributed by atoms with E-state index in [9.17, 15) is 10.2 Å². The third kappa shape index (κ3) is 2.84. The van der Waals surface area contributed by atoms with Crippen molar-refractivity contribution in [3.05, 3.63) is 34.3 Å². The molecule has 0 aromatic heterocycles. The molecular weight excluding hydrogens is 268 g/mol. The van der Waals surface area contributed by atoms with E-state index in [0.29, 0.717) is 5.92 Å². The summed E-state index contributed by atoms with van der Waals surface area (Å²) in [6.07, 6.45) is 2.27. The molecule has 1 aromatic carbocycles. The van der Waals surface area contributed by atoms with E-state index in [1.54, 1.807) is 0 Å². The van der Waals surface area contributed by atoms with E-state index >= 15 is 0 Å². The average molecular weight is 285 g/mol. The number of halogens is 1. The zero-order chi connectivity index (χ0) is 11.5. The second kappa shape index (κ2) is 5.30. The standard InChI is InChI=1S/C13H17BrO2/c14-12-3-1-10(2-4-12)11-5-9(8-15)6-13(16)7-11/h1-4,9,11,13,15-16H,5-8H2. The molecule has 0 amide bonds. The monoisotopic (exact) mass is 284 g/mol. The highest BCUT2D eigenvalue weighted by Crippen LogP contribution is 2.36. The summed E-state index contributed by atoms with van der Waals surface area (Å²) in [4.78, 5) is 0. The van der Waals surface area contributed by atoms with Crippen LogP contribution in [-0.2, 0) is 0 Å². The van der Waals surface area contributed by atoms with Gasteiger partial charge in [0.1, 0.15) is 0 Å². The van der Waals surface area contributed by atoms with Gasteiger partial charge < -0.3 is 10.2 Å². The lowest BCUT2D eigenvalue weighted by Gasteiger charge is -2.31. The van der Waals surface area contributed by atoms with E-state index < -0.39 is 0 Å². The summed E-state index contributed by atoms with van der Waals surface area (Å²) in [6.45, 7) is 0.185. The number of aliphatic hydroxyl groups excluding tert-OH is 2. The fraction of sp³-hybridized carbons (Fsp3) is 0.538. The second-order valence-corrected chi connectivity index (χ2v) is 5.57. The highest BCUT2D eigenvalue weighted by Gasteiger charge is 2.28. The van der Waals surface area contributed by atoms with Gasteiger partial charge in [-0.15, -0.1) is 0 Å². The van der Waals surface area contributed by atoms with Gasteiger partial charge in [-0.2, -0.15) is 0 Å². The van der Waals surface area contributed by atoms with E-state index in [1.165, 1.54) is 5.56 Å². The summed E-state index contributed by atoms with van der Waals surface area (Å²) in [5, 5.41) is 19.0. The molecule has 0 spiro atoms. The van der Waals surface area contributed by atoms with E-state index in [4.69, 9.17) is 0 Å². The van der Waals surface area contributed by atoms with Gasteiger partial charge in [-0.3, -0.25) is 0 Å². The topological polar surface area (TPSA) is 40.5 Å². The normalized spacial score (nSPS) is 30.3. The first-order valence-corrected chi connectivity index (χ1v) is 6.52. The zero-order valence-electron chi connectivity index (χ0n) is 9.14. The van der Waals surface area contributed by atoms with Crippen LogP contribution in [-0.4, -0.2) is 22.9 Å². The highest BCUT2D eigenvalue weighted by atomic mass is 79.9. The Morgan fingerprint density at radius 2 is 1.81 bits per heavy atom. The molecule has 3 unspecified atom stereocenters. The molecule has 0 radical (unpaired) electrons. The van der Waals surface area contributed by atoms with E-state index in [-0.39, 0.29) is 18.6 Å². The first kappa shape index (κ1) is 12.1. The summed E-state index contributed by atoms with van der Waals surface area (Å²) in [6, 6.07) is 8.26. The molecule has 3 atom stereocenters. The average Bonchev–Trinajstić information content (AvgIpc) is 2.29. The molecule has 88 valence electrons. The van der Waals surface area contributed by atoms with Crippen molar-refractivity contribution < 1.29 is 10.2 Å². The zero-order valence-corrected chi connectivity index (χ0v) is 10.7. The first-order valence-electron chi connectivity index (χ1n) is 5.73. The van der Waals surface area contributed by atoms with Crippen LogP contribution in [0.5, 0.6) is 0 Å². The van der Waals surface area contributed by atoms with Gasteiger partial charge in [0.05, 0.1) is 6.10 Å². The molecular formula is C13H17BrO2. The Morgan fingerprint density at radius 1 is 1.12 bits per heavy atom. The maximum atomic E-state index is 9.78. The van der Waals surface area contributed by atoms with Crippen molar-refractivity contribution in [3.8, 4) is 0 Å². The third-order valence-corrected chi connectivity index (χ3v) is 3.91. The van der Waals surface area contributed by atoms with Crippen molar-refractivity contribution in [1.82, 2.24) is 0 Å². The Morgan fingerprint density at radius 3 is 2.44 bits per heavy atom. The van der Waals surface area contributed by atoms with Crippen molar-refractivity contribution in [1.29, 1.82) is 0 Å². The van der Waals surface area contributed by atoms with Crippen LogP contribution in [0.2, 0.25) is 0 Å². The van der Waals surface area contributed by atoms with Crippen LogP contribution in [0.3, 0.4) is 0 Å². The van der Waals surface area contributed by atoms with Crippen LogP contribution in [0, 0.1) is 5.92 Å². The molecule has 0 aliphatic heterocycles. The van der Waals surface area contributed by atoms with Gasteiger partial charge in [0, 0.05) is 11.1 Å². The minimum absolute atomic E-state index is 0.185. The molecule has 16 heavy (non-hydrogen) atoms. The molecule has 2 rings (SSSR count). The Balaban J connectivity index is 2.11. The van der Waals surface area contributed by atoms with Gasteiger partial charge >= 0.3 is 0 Å². The van der Waals surface area contributed by atoms with E-state index in [1.807, 2.05) is 12.1 Å². The quantitative estimate of drug-likeness (QED) is 0.877. The van der Waals surface area contributed by atoms with Crippen molar-refractivity contribution in [2.24, 2.45) is 5.92 Å². The minimum atomic E-state index is -0.264. The Kier molecular flexibility index (Phi) is 4.00. The predicted octanol–water partition coefficient (Wildman–Crippen LogP) is 2.69. The molecule has 0 bridgehead atoms. The van der Waals surface area contributed by atoms with Gasteiger partial charge in [-0.25, -0.2) is 0 Å². The van der Waals surface area contributed by atoms with Gasteiger partial charge in [0.15, 0.2) is 0 Å². The number of hydrogen-bond donors (Lipinski definition) is 2. The number of rotatable bonds is 2. The van der Waals surface area contributed by atoms with Crippen molar-refractivity contribution in [2.75, 3.05) is 6.61 Å². The summed E-state index contributed by atoms with van der Waals surface area (Å²) in [7, 11) is 0. The Hall–Kier alpha value is -0.380. The lowest BCUT2D eigenvalue weighted by Crippen LogP contribution is -2.27. The van der Waals surface area contributed by atoms with E-state index in [2.05, 4.69) is 28.1 Å². The molecule has 1 saturated carbocycles. The van der Waals surface area contributed by atoms with Gasteiger partial charge in [0.25, 0.3) is 0 Å². The molecule has 0 heterocycles. The third-order valence-electron chi connectivity index (χ3n) is 3.38. The summed E-state index contributed by atoms with van der Waals surface area (Å²) in [5.41, 5.74) is 1.26. The summed E-state index contributed by atoms with van der Waals surface area (Å²) >= 11 is 3.42. The van der Waals surface area contributed by atoms with Gasteiger partial charge in [0.2, 0.25) is 0 Å². The first-order chi connectivity index (χ1) is 7.69. The largest absolute Gasteiger partial charge is 0.396 e. The number of hydrogen-bond acceptors (Lipinski definition) is 2. The van der Waals surface area contributed by atoms with Crippen molar-refractivity contribution >= 4 is 15.9 Å². The maximum Gasteiger partial charge on any atom is 0.0549 e. The summed E-state index contributed by atoms with van der Waals surface area (Å²) < 4.78 is 1.08. The fourth-order valence-corrected chi connectivity index (χ4v) is 2.82. The van der Waals surface area contributed by atoms with Crippen LogP contribution < -0.4 is 0 Å². The van der Waals surface area contributed by atoms with Crippen molar-refractivity contribution in [2.45, 2.75) is 31.3 Å². The molecule has 3 heteroatoms. The maximum absolute atomic E-state index is 9.78. The molecule has 1 aliphatic carbocycles. The smallest absolute Gasteiger partial charge is 0.0549 e. The molecule has 2 nitrogen and oxygen atoms in total. The number of aliphatic hydroxyl groups is 2. The van der Waals surface area contributed by atoms with E-state index in [0.717, 1.165) is 23.7 Å². The SMILES string of the molecule is OCC1CC(O)CC(c2ccc(Br)cc2)C1. The van der Waals surface area contributed by atoms with Crippen LogP contribution in [0.4, 0.5) is 0 Å². The fourth-order valence-electron chi connectivity index (χ4n) is 2.56. The second-order valence-electron chi connectivity index (χ2n) is 4.66. The molecule has 1 fully saturated rings. The minimum Gasteiger partial charge on any atom is -0.396 e. The van der Waals surface area contributed by atoms with Crippen molar-refractivity contribution in [3.63, 3.8) is 0 Å². The van der Waals surface area contributed by atoms with Crippen LogP contribution in [0.25, 0.3) is 0 Å². The molecule has 0 saturated heterocycles. The lowest BCUT2D eigenvalue weighted by molar-refractivity contribution is 0.0650. The highest BCUT2D eigenvalue weighted by molar-refractivity contribution is 9.10. The molecule has 2 N–H and O–H groups in total. The lowest BCUT2D eigenvalue weighted by atomic mass is 9.77. The van der Waals surface area contributed by atoms with Crippen LogP contribution in [0.1, 0.15) is 30.7 Å². The van der Waals surface area contributed by atoms with Crippen LogP contribution >= 0.6 is 15.9 Å². The molecule has 1 aliphatic rings. The van der Waals surface area contributed by atoms with Gasteiger partial charge in [-0.05, 0) is 48.8 Å².